The highest BCUT2D eigenvalue weighted by Crippen LogP contribution is 2.49. The molecule has 0 heterocycles. The number of hydrogen-bond acceptors (Lipinski definition) is 4. The molecule has 0 bridgehead atoms. The number of carbonyl (C=O) groups is 2. The second-order valence-corrected chi connectivity index (χ2v) is 8.95. The van der Waals surface area contributed by atoms with Gasteiger partial charge in [-0.3, -0.25) is 9.59 Å². The van der Waals surface area contributed by atoms with Crippen LogP contribution < -0.4 is 10.6 Å². The smallest absolute Gasteiger partial charge is 0.355 e. The Kier molecular flexibility index (Phi) is 7.79. The monoisotopic (exact) mass is 461 g/mol. The zero-order chi connectivity index (χ0) is 24.1. The van der Waals surface area contributed by atoms with Crippen LogP contribution in [0.4, 0.5) is 24.5 Å². The number of Topliss-reactive ketones (excluding diaryl/α,β-unsaturated/α-hetero) is 1. The number of nitrogens with one attached hydrogen (secondary N) is 2. The lowest BCUT2D eigenvalue weighted by atomic mass is 9.96. The molecule has 0 aliphatic heterocycles. The molecule has 0 saturated heterocycles. The third-order valence-corrected chi connectivity index (χ3v) is 5.85. The quantitative estimate of drug-likeness (QED) is 0.486. The number of rotatable bonds is 11. The summed E-state index contributed by atoms with van der Waals surface area (Å²) in [7, 11) is 3.93. The van der Waals surface area contributed by atoms with Gasteiger partial charge in [-0.15, -0.1) is 0 Å². The second kappa shape index (κ2) is 10.4. The molecule has 3 rings (SSSR count). The fourth-order valence-corrected chi connectivity index (χ4v) is 3.76. The molecule has 0 aromatic heterocycles. The number of alkyl halides is 3. The van der Waals surface area contributed by atoms with E-state index < -0.39 is 17.2 Å². The van der Waals surface area contributed by atoms with Crippen LogP contribution in [0.3, 0.4) is 0 Å². The van der Waals surface area contributed by atoms with E-state index in [0.717, 1.165) is 37.4 Å². The van der Waals surface area contributed by atoms with E-state index in [2.05, 4.69) is 10.6 Å². The Morgan fingerprint density at radius 1 is 1.03 bits per heavy atom. The van der Waals surface area contributed by atoms with Crippen molar-refractivity contribution in [2.75, 3.05) is 26.0 Å². The summed E-state index contributed by atoms with van der Waals surface area (Å²) >= 11 is 0. The summed E-state index contributed by atoms with van der Waals surface area (Å²) in [4.78, 5) is 27.0. The van der Waals surface area contributed by atoms with E-state index >= 15 is 0 Å². The third-order valence-electron chi connectivity index (χ3n) is 5.85. The van der Waals surface area contributed by atoms with Crippen LogP contribution in [-0.2, 0) is 22.3 Å². The average Bonchev–Trinajstić information content (AvgIpc) is 3.53. The van der Waals surface area contributed by atoms with Gasteiger partial charge >= 0.3 is 6.18 Å². The summed E-state index contributed by atoms with van der Waals surface area (Å²) in [6.07, 6.45) is -1.44. The Balaban J connectivity index is 1.51. The Bertz CT molecular complexity index is 968. The fraction of sp³-hybridized carbons (Fsp3) is 0.440. The van der Waals surface area contributed by atoms with E-state index in [1.807, 2.05) is 19.0 Å². The van der Waals surface area contributed by atoms with Crippen LogP contribution >= 0.6 is 0 Å². The highest BCUT2D eigenvalue weighted by Gasteiger charge is 2.50. The lowest BCUT2D eigenvalue weighted by Crippen LogP contribution is -2.33. The Hall–Kier alpha value is -2.87. The molecule has 178 valence electrons. The van der Waals surface area contributed by atoms with Crippen molar-refractivity contribution in [2.24, 2.45) is 5.41 Å². The first-order valence-electron chi connectivity index (χ1n) is 11.1. The van der Waals surface area contributed by atoms with Crippen LogP contribution in [0.15, 0.2) is 48.5 Å². The van der Waals surface area contributed by atoms with Gasteiger partial charge in [0.05, 0.1) is 16.7 Å². The van der Waals surface area contributed by atoms with Crippen molar-refractivity contribution in [3.05, 3.63) is 59.7 Å². The maximum Gasteiger partial charge on any atom is 0.418 e. The number of nitrogens with zero attached hydrogens (tertiary/aromatic N) is 1. The lowest BCUT2D eigenvalue weighted by molar-refractivity contribution is -0.137. The van der Waals surface area contributed by atoms with Gasteiger partial charge in [-0.25, -0.2) is 0 Å². The maximum atomic E-state index is 13.2. The van der Waals surface area contributed by atoms with Crippen molar-refractivity contribution in [2.45, 2.75) is 44.8 Å². The Morgan fingerprint density at radius 2 is 1.70 bits per heavy atom. The Morgan fingerprint density at radius 3 is 2.30 bits per heavy atom. The predicted molar refractivity (Wildman–Crippen MR) is 122 cm³/mol. The van der Waals surface area contributed by atoms with E-state index in [0.29, 0.717) is 18.7 Å². The molecule has 0 spiro atoms. The molecule has 0 atom stereocenters. The molecular formula is C25H30F3N3O2. The molecule has 0 unspecified atom stereocenters. The Labute approximate surface area is 192 Å². The van der Waals surface area contributed by atoms with Crippen LogP contribution in [0.25, 0.3) is 0 Å². The topological polar surface area (TPSA) is 61.4 Å². The second-order valence-electron chi connectivity index (χ2n) is 8.95. The molecule has 2 N–H and O–H groups in total. The molecular weight excluding hydrogens is 431 g/mol. The van der Waals surface area contributed by atoms with Gasteiger partial charge in [-0.05, 0) is 69.7 Å². The highest BCUT2D eigenvalue weighted by atomic mass is 19.4. The fourth-order valence-electron chi connectivity index (χ4n) is 3.76. The van der Waals surface area contributed by atoms with E-state index in [1.165, 1.54) is 12.1 Å². The normalized spacial score (nSPS) is 14.7. The third kappa shape index (κ3) is 7.05. The van der Waals surface area contributed by atoms with Gasteiger partial charge in [-0.2, -0.15) is 13.2 Å². The molecule has 1 aliphatic rings. The van der Waals surface area contributed by atoms with Crippen LogP contribution in [0.1, 0.15) is 43.2 Å². The van der Waals surface area contributed by atoms with E-state index in [-0.39, 0.29) is 23.8 Å². The van der Waals surface area contributed by atoms with Gasteiger partial charge in [0.1, 0.15) is 5.78 Å². The van der Waals surface area contributed by atoms with Gasteiger partial charge in [0.15, 0.2) is 0 Å². The number of anilines is 2. The first-order chi connectivity index (χ1) is 15.6. The molecule has 33 heavy (non-hydrogen) atoms. The first-order valence-corrected chi connectivity index (χ1v) is 11.1. The van der Waals surface area contributed by atoms with E-state index in [9.17, 15) is 22.8 Å². The largest absolute Gasteiger partial charge is 0.418 e. The molecule has 8 heteroatoms. The minimum atomic E-state index is -4.44. The van der Waals surface area contributed by atoms with Crippen molar-refractivity contribution in [3.8, 4) is 0 Å². The number of benzene rings is 2. The van der Waals surface area contributed by atoms with Crippen LogP contribution in [0.5, 0.6) is 0 Å². The molecule has 1 saturated carbocycles. The standard InChI is InChI=1S/C25H30F3N3O2/c1-31(2)15-5-6-20(32)16-24(13-14-24)23(33)29-17-18-9-11-19(12-10-18)30-22-8-4-3-7-21(22)25(26,27)28/h3-4,7-12,30H,5-6,13-17H2,1-2H3,(H,29,33). The van der Waals surface area contributed by atoms with Crippen LogP contribution in [0.2, 0.25) is 0 Å². The van der Waals surface area contributed by atoms with Crippen molar-refractivity contribution in [3.63, 3.8) is 0 Å². The molecule has 5 nitrogen and oxygen atoms in total. The van der Waals surface area contributed by atoms with E-state index in [4.69, 9.17) is 0 Å². The average molecular weight is 462 g/mol. The van der Waals surface area contributed by atoms with Crippen molar-refractivity contribution in [1.29, 1.82) is 0 Å². The van der Waals surface area contributed by atoms with Crippen molar-refractivity contribution < 1.29 is 22.8 Å². The molecule has 0 radical (unpaired) electrons. The molecule has 2 aromatic carbocycles. The summed E-state index contributed by atoms with van der Waals surface area (Å²) in [5.74, 6) is 0.0174. The summed E-state index contributed by atoms with van der Waals surface area (Å²) in [5.41, 5.74) is 0.0250. The van der Waals surface area contributed by atoms with Crippen LogP contribution in [0, 0.1) is 5.41 Å². The summed E-state index contributed by atoms with van der Waals surface area (Å²) < 4.78 is 39.5. The van der Waals surface area contributed by atoms with Crippen molar-refractivity contribution in [1.82, 2.24) is 10.2 Å². The van der Waals surface area contributed by atoms with E-state index in [1.54, 1.807) is 30.3 Å². The van der Waals surface area contributed by atoms with Crippen LogP contribution in [-0.4, -0.2) is 37.2 Å². The molecule has 1 amide bonds. The molecule has 2 aromatic rings. The van der Waals surface area contributed by atoms with Gasteiger partial charge in [-0.1, -0.05) is 24.3 Å². The molecule has 1 aliphatic carbocycles. The maximum absolute atomic E-state index is 13.2. The lowest BCUT2D eigenvalue weighted by Gasteiger charge is -2.16. The first kappa shape index (κ1) is 24.8. The number of ketones is 1. The highest BCUT2D eigenvalue weighted by molar-refractivity contribution is 5.91. The minimum absolute atomic E-state index is 0.0167. The molecule has 1 fully saturated rings. The predicted octanol–water partition coefficient (Wildman–Crippen LogP) is 5.15. The van der Waals surface area contributed by atoms with Gasteiger partial charge in [0.25, 0.3) is 0 Å². The number of para-hydroxylation sites is 1. The zero-order valence-corrected chi connectivity index (χ0v) is 19.0. The zero-order valence-electron chi connectivity index (χ0n) is 19.0. The van der Waals surface area contributed by atoms with Gasteiger partial charge < -0.3 is 15.5 Å². The minimum Gasteiger partial charge on any atom is -0.355 e. The SMILES string of the molecule is CN(C)CCCC(=O)CC1(C(=O)NCc2ccc(Nc3ccccc3C(F)(F)F)cc2)CC1. The summed E-state index contributed by atoms with van der Waals surface area (Å²) in [5, 5.41) is 5.71. The summed E-state index contributed by atoms with van der Waals surface area (Å²) in [6, 6.07) is 12.2. The van der Waals surface area contributed by atoms with Gasteiger partial charge in [0.2, 0.25) is 5.91 Å². The summed E-state index contributed by atoms with van der Waals surface area (Å²) in [6.45, 7) is 1.15. The number of amides is 1. The van der Waals surface area contributed by atoms with Gasteiger partial charge in [0, 0.05) is 25.1 Å². The number of hydrogen-bond donors (Lipinski definition) is 2. The number of carbonyl (C=O) groups excluding carboxylic acids is 2. The number of halogens is 3. The van der Waals surface area contributed by atoms with Crippen molar-refractivity contribution >= 4 is 23.1 Å².